The number of alkyl halides is 3. The first-order valence-electron chi connectivity index (χ1n) is 5.07. The zero-order valence-corrected chi connectivity index (χ0v) is 10.9. The molecule has 0 N–H and O–H groups in total. The first-order chi connectivity index (χ1) is 7.50. The fraction of sp³-hybridized carbons (Fsp3) is 0.636. The van der Waals surface area contributed by atoms with Crippen molar-refractivity contribution in [1.82, 2.24) is 0 Å². The van der Waals surface area contributed by atoms with Gasteiger partial charge in [0.25, 0.3) is 6.43 Å². The molecule has 1 unspecified atom stereocenters. The maximum absolute atomic E-state index is 11.8. The lowest BCUT2D eigenvalue weighted by atomic mass is 10.2. The molecular formula is C11H15ClF2OS. The van der Waals surface area contributed by atoms with E-state index < -0.39 is 13.0 Å². The van der Waals surface area contributed by atoms with Gasteiger partial charge in [-0.2, -0.15) is 0 Å². The Morgan fingerprint density at radius 2 is 2.12 bits per heavy atom. The SMILES string of the molecule is Cc1cc(C)c(C(Cl)CCOCC(F)F)s1. The molecule has 92 valence electrons. The van der Waals surface area contributed by atoms with E-state index in [0.29, 0.717) is 6.42 Å². The summed E-state index contributed by atoms with van der Waals surface area (Å²) in [6.45, 7) is 3.80. The van der Waals surface area contributed by atoms with E-state index in [4.69, 9.17) is 16.3 Å². The maximum atomic E-state index is 11.8. The Labute approximate surface area is 103 Å². The van der Waals surface area contributed by atoms with Crippen molar-refractivity contribution < 1.29 is 13.5 Å². The molecule has 1 aromatic heterocycles. The van der Waals surface area contributed by atoms with Crippen LogP contribution in [0, 0.1) is 13.8 Å². The largest absolute Gasteiger partial charge is 0.375 e. The van der Waals surface area contributed by atoms with E-state index in [1.807, 2.05) is 13.8 Å². The van der Waals surface area contributed by atoms with E-state index in [-0.39, 0.29) is 12.0 Å². The number of hydrogen-bond acceptors (Lipinski definition) is 2. The maximum Gasteiger partial charge on any atom is 0.261 e. The standard InChI is InChI=1S/C11H15ClF2OS/c1-7-5-8(2)16-11(7)9(12)3-4-15-6-10(13)14/h5,9-10H,3-4,6H2,1-2H3. The van der Waals surface area contributed by atoms with Gasteiger partial charge in [0, 0.05) is 16.4 Å². The van der Waals surface area contributed by atoms with E-state index in [9.17, 15) is 8.78 Å². The zero-order valence-electron chi connectivity index (χ0n) is 9.30. The van der Waals surface area contributed by atoms with Crippen LogP contribution in [0.4, 0.5) is 8.78 Å². The molecule has 0 fully saturated rings. The van der Waals surface area contributed by atoms with Gasteiger partial charge in [0.2, 0.25) is 0 Å². The first-order valence-corrected chi connectivity index (χ1v) is 6.33. The molecule has 0 bridgehead atoms. The molecule has 0 aliphatic heterocycles. The molecule has 1 rings (SSSR count). The highest BCUT2D eigenvalue weighted by Crippen LogP contribution is 2.33. The molecule has 0 amide bonds. The van der Waals surface area contributed by atoms with Gasteiger partial charge in [-0.3, -0.25) is 0 Å². The van der Waals surface area contributed by atoms with Gasteiger partial charge in [0.05, 0.1) is 5.38 Å². The molecule has 0 aromatic carbocycles. The topological polar surface area (TPSA) is 9.23 Å². The van der Waals surface area contributed by atoms with E-state index in [1.54, 1.807) is 11.3 Å². The third-order valence-electron chi connectivity index (χ3n) is 2.12. The molecule has 1 atom stereocenters. The number of halogens is 3. The van der Waals surface area contributed by atoms with Crippen molar-refractivity contribution in [1.29, 1.82) is 0 Å². The van der Waals surface area contributed by atoms with Crippen molar-refractivity contribution in [2.45, 2.75) is 32.1 Å². The third-order valence-corrected chi connectivity index (χ3v) is 3.96. The van der Waals surface area contributed by atoms with Crippen molar-refractivity contribution >= 4 is 22.9 Å². The van der Waals surface area contributed by atoms with E-state index in [1.165, 1.54) is 4.88 Å². The monoisotopic (exact) mass is 268 g/mol. The van der Waals surface area contributed by atoms with E-state index >= 15 is 0 Å². The number of hydrogen-bond donors (Lipinski definition) is 0. The zero-order chi connectivity index (χ0) is 12.1. The predicted molar refractivity (Wildman–Crippen MR) is 63.8 cm³/mol. The second kappa shape index (κ2) is 6.52. The van der Waals surface area contributed by atoms with E-state index in [0.717, 1.165) is 10.4 Å². The summed E-state index contributed by atoms with van der Waals surface area (Å²) in [6.07, 6.45) is -1.84. The van der Waals surface area contributed by atoms with Crippen LogP contribution in [0.2, 0.25) is 0 Å². The van der Waals surface area contributed by atoms with Crippen LogP contribution in [0.15, 0.2) is 6.07 Å². The Balaban J connectivity index is 2.35. The van der Waals surface area contributed by atoms with Crippen molar-refractivity contribution in [3.8, 4) is 0 Å². The molecule has 16 heavy (non-hydrogen) atoms. The smallest absolute Gasteiger partial charge is 0.261 e. The van der Waals surface area contributed by atoms with Gasteiger partial charge in [-0.05, 0) is 31.9 Å². The van der Waals surface area contributed by atoms with Crippen molar-refractivity contribution in [3.05, 3.63) is 21.4 Å². The minimum absolute atomic E-state index is 0.142. The highest BCUT2D eigenvalue weighted by molar-refractivity contribution is 7.12. The van der Waals surface area contributed by atoms with Gasteiger partial charge in [0.15, 0.2) is 0 Å². The minimum Gasteiger partial charge on any atom is -0.375 e. The molecule has 1 nitrogen and oxygen atoms in total. The lowest BCUT2D eigenvalue weighted by molar-refractivity contribution is 0.0165. The van der Waals surface area contributed by atoms with Crippen LogP contribution in [0.3, 0.4) is 0 Å². The van der Waals surface area contributed by atoms with Gasteiger partial charge in [-0.25, -0.2) is 8.78 Å². The van der Waals surface area contributed by atoms with Crippen LogP contribution in [0.1, 0.15) is 27.1 Å². The second-order valence-corrected chi connectivity index (χ2v) is 5.44. The fourth-order valence-electron chi connectivity index (χ4n) is 1.46. The summed E-state index contributed by atoms with van der Waals surface area (Å²) in [7, 11) is 0. The summed E-state index contributed by atoms with van der Waals surface area (Å²) in [5.74, 6) is 0. The van der Waals surface area contributed by atoms with Crippen LogP contribution in [0.5, 0.6) is 0 Å². The van der Waals surface area contributed by atoms with Crippen LogP contribution in [-0.2, 0) is 4.74 Å². The number of ether oxygens (including phenoxy) is 1. The normalized spacial score (nSPS) is 13.4. The molecule has 0 radical (unpaired) electrons. The van der Waals surface area contributed by atoms with Gasteiger partial charge in [-0.15, -0.1) is 22.9 Å². The Bertz CT molecular complexity index is 328. The highest BCUT2D eigenvalue weighted by Gasteiger charge is 2.13. The summed E-state index contributed by atoms with van der Waals surface area (Å²) < 4.78 is 28.4. The lowest BCUT2D eigenvalue weighted by Crippen LogP contribution is -2.06. The van der Waals surface area contributed by atoms with Crippen molar-refractivity contribution in [2.75, 3.05) is 13.2 Å². The Morgan fingerprint density at radius 1 is 1.44 bits per heavy atom. The van der Waals surface area contributed by atoms with Gasteiger partial charge in [-0.1, -0.05) is 0 Å². The van der Waals surface area contributed by atoms with Gasteiger partial charge in [0.1, 0.15) is 6.61 Å². The highest BCUT2D eigenvalue weighted by atomic mass is 35.5. The Kier molecular flexibility index (Phi) is 5.66. The fourth-order valence-corrected chi connectivity index (χ4v) is 2.90. The molecule has 0 aliphatic rings. The molecule has 5 heteroatoms. The van der Waals surface area contributed by atoms with Crippen LogP contribution >= 0.6 is 22.9 Å². The van der Waals surface area contributed by atoms with Gasteiger partial charge < -0.3 is 4.74 Å². The second-order valence-electron chi connectivity index (χ2n) is 3.63. The first kappa shape index (κ1) is 13.9. The summed E-state index contributed by atoms with van der Waals surface area (Å²) in [5, 5.41) is -0.142. The summed E-state index contributed by atoms with van der Waals surface area (Å²) in [4.78, 5) is 2.33. The van der Waals surface area contributed by atoms with Crippen LogP contribution in [-0.4, -0.2) is 19.6 Å². The van der Waals surface area contributed by atoms with Gasteiger partial charge >= 0.3 is 0 Å². The molecule has 0 saturated carbocycles. The van der Waals surface area contributed by atoms with Crippen molar-refractivity contribution in [3.63, 3.8) is 0 Å². The quantitative estimate of drug-likeness (QED) is 0.552. The third kappa shape index (κ3) is 4.36. The Morgan fingerprint density at radius 3 is 2.62 bits per heavy atom. The minimum atomic E-state index is -2.40. The predicted octanol–water partition coefficient (Wildman–Crippen LogP) is 4.32. The van der Waals surface area contributed by atoms with E-state index in [2.05, 4.69) is 6.07 Å². The molecule has 0 spiro atoms. The Hall–Kier alpha value is -0.190. The molecule has 0 saturated heterocycles. The molecule has 1 aromatic rings. The lowest BCUT2D eigenvalue weighted by Gasteiger charge is -2.09. The molecule has 1 heterocycles. The van der Waals surface area contributed by atoms with Crippen molar-refractivity contribution in [2.24, 2.45) is 0 Å². The summed E-state index contributed by atoms with van der Waals surface area (Å²) in [5.41, 5.74) is 1.16. The average molecular weight is 269 g/mol. The number of thiophene rings is 1. The van der Waals surface area contributed by atoms with Crippen LogP contribution in [0.25, 0.3) is 0 Å². The summed E-state index contributed by atoms with van der Waals surface area (Å²) in [6, 6.07) is 2.08. The molecule has 0 aliphatic carbocycles. The average Bonchev–Trinajstić information content (AvgIpc) is 2.52. The summed E-state index contributed by atoms with van der Waals surface area (Å²) >= 11 is 7.83. The number of rotatable bonds is 6. The number of aryl methyl sites for hydroxylation is 2. The van der Waals surface area contributed by atoms with Crippen LogP contribution < -0.4 is 0 Å². The molecular weight excluding hydrogens is 254 g/mol.